The summed E-state index contributed by atoms with van der Waals surface area (Å²) in [7, 11) is 0. The third-order valence-electron chi connectivity index (χ3n) is 3.04. The summed E-state index contributed by atoms with van der Waals surface area (Å²) in [4.78, 5) is 25.4. The van der Waals surface area contributed by atoms with Crippen LogP contribution in [0.2, 0.25) is 0 Å². The van der Waals surface area contributed by atoms with Crippen molar-refractivity contribution in [2.24, 2.45) is 0 Å². The fourth-order valence-electron chi connectivity index (χ4n) is 2.37. The van der Waals surface area contributed by atoms with Crippen molar-refractivity contribution in [3.05, 3.63) is 12.7 Å². The number of rotatable bonds is 4. The lowest BCUT2D eigenvalue weighted by Gasteiger charge is -2.30. The van der Waals surface area contributed by atoms with Crippen LogP contribution < -0.4 is 0 Å². The number of aliphatic hydroxyl groups is 1. The lowest BCUT2D eigenvalue weighted by molar-refractivity contribution is -0.164. The molecule has 5 nitrogen and oxygen atoms in total. The van der Waals surface area contributed by atoms with E-state index in [4.69, 9.17) is 9.84 Å². The van der Waals surface area contributed by atoms with Crippen molar-refractivity contribution in [3.63, 3.8) is 0 Å². The monoisotopic (exact) mass is 269 g/mol. The molecule has 19 heavy (non-hydrogen) atoms. The molecule has 1 aliphatic heterocycles. The molecule has 1 saturated heterocycles. The van der Waals surface area contributed by atoms with Crippen LogP contribution in [0.3, 0.4) is 0 Å². The molecular formula is C14H23NO4. The van der Waals surface area contributed by atoms with E-state index in [1.807, 2.05) is 0 Å². The topological polar surface area (TPSA) is 66.8 Å². The second-order valence-corrected chi connectivity index (χ2v) is 5.76. The van der Waals surface area contributed by atoms with Crippen LogP contribution in [-0.2, 0) is 14.3 Å². The Morgan fingerprint density at radius 3 is 2.53 bits per heavy atom. The summed E-state index contributed by atoms with van der Waals surface area (Å²) in [5, 5.41) is 9.04. The van der Waals surface area contributed by atoms with E-state index in [2.05, 4.69) is 6.58 Å². The lowest BCUT2D eigenvalue weighted by Crippen LogP contribution is -2.48. The Morgan fingerprint density at radius 1 is 1.42 bits per heavy atom. The van der Waals surface area contributed by atoms with Crippen LogP contribution in [0.1, 0.15) is 40.0 Å². The molecule has 1 heterocycles. The van der Waals surface area contributed by atoms with Gasteiger partial charge in [0.05, 0.1) is 0 Å². The Kier molecular flexibility index (Phi) is 5.11. The molecule has 0 saturated carbocycles. The number of ether oxygens (including phenoxy) is 1. The Bertz CT molecular complexity index is 359. The standard InChI is InChI=1S/C14H23NO4/c1-5-6-10-7-8-11(15(10)12(17)9-16)13(18)19-14(2,3)4/h5,10-11,16H,1,6-9H2,2-4H3/t10-,11+/m1/s1. The van der Waals surface area contributed by atoms with E-state index in [0.717, 1.165) is 6.42 Å². The van der Waals surface area contributed by atoms with Crippen LogP contribution in [0.4, 0.5) is 0 Å². The molecule has 0 bridgehead atoms. The number of hydrogen-bond acceptors (Lipinski definition) is 4. The zero-order valence-corrected chi connectivity index (χ0v) is 11.9. The highest BCUT2D eigenvalue weighted by Crippen LogP contribution is 2.28. The van der Waals surface area contributed by atoms with Crippen LogP contribution in [-0.4, -0.2) is 46.2 Å². The van der Waals surface area contributed by atoms with Gasteiger partial charge in [-0.15, -0.1) is 6.58 Å². The number of amides is 1. The maximum Gasteiger partial charge on any atom is 0.329 e. The highest BCUT2D eigenvalue weighted by atomic mass is 16.6. The summed E-state index contributed by atoms with van der Waals surface area (Å²) in [6.45, 7) is 8.44. The van der Waals surface area contributed by atoms with Gasteiger partial charge >= 0.3 is 5.97 Å². The predicted octanol–water partition coefficient (Wildman–Crippen LogP) is 1.26. The average Bonchev–Trinajstić information content (AvgIpc) is 2.70. The molecule has 1 rings (SSSR count). The van der Waals surface area contributed by atoms with Crippen LogP contribution in [0.15, 0.2) is 12.7 Å². The van der Waals surface area contributed by atoms with Crippen molar-refractivity contribution >= 4 is 11.9 Å². The summed E-state index contributed by atoms with van der Waals surface area (Å²) >= 11 is 0. The molecule has 1 aliphatic rings. The predicted molar refractivity (Wildman–Crippen MR) is 71.4 cm³/mol. The minimum absolute atomic E-state index is 0.0744. The first kappa shape index (κ1) is 15.7. The molecule has 0 aromatic heterocycles. The van der Waals surface area contributed by atoms with Gasteiger partial charge in [0.15, 0.2) is 0 Å². The molecule has 108 valence electrons. The first-order chi connectivity index (χ1) is 8.80. The van der Waals surface area contributed by atoms with Gasteiger partial charge in [-0.25, -0.2) is 4.79 Å². The van der Waals surface area contributed by atoms with Crippen molar-refractivity contribution in [1.29, 1.82) is 0 Å². The first-order valence-electron chi connectivity index (χ1n) is 6.56. The number of carbonyl (C=O) groups excluding carboxylic acids is 2. The number of aliphatic hydroxyl groups excluding tert-OH is 1. The Balaban J connectivity index is 2.84. The highest BCUT2D eigenvalue weighted by Gasteiger charge is 2.41. The van der Waals surface area contributed by atoms with Crippen LogP contribution in [0, 0.1) is 0 Å². The summed E-state index contributed by atoms with van der Waals surface area (Å²) < 4.78 is 5.33. The average molecular weight is 269 g/mol. The van der Waals surface area contributed by atoms with E-state index < -0.39 is 30.1 Å². The van der Waals surface area contributed by atoms with Crippen LogP contribution in [0.5, 0.6) is 0 Å². The van der Waals surface area contributed by atoms with Crippen molar-refractivity contribution in [3.8, 4) is 0 Å². The Morgan fingerprint density at radius 2 is 2.05 bits per heavy atom. The smallest absolute Gasteiger partial charge is 0.329 e. The van der Waals surface area contributed by atoms with Gasteiger partial charge in [-0.05, 0) is 40.0 Å². The van der Waals surface area contributed by atoms with Crippen LogP contribution in [0.25, 0.3) is 0 Å². The van der Waals surface area contributed by atoms with Gasteiger partial charge in [0.1, 0.15) is 18.2 Å². The minimum Gasteiger partial charge on any atom is -0.458 e. The molecule has 5 heteroatoms. The first-order valence-corrected chi connectivity index (χ1v) is 6.56. The van der Waals surface area contributed by atoms with E-state index in [-0.39, 0.29) is 6.04 Å². The maximum absolute atomic E-state index is 12.1. The van der Waals surface area contributed by atoms with Gasteiger partial charge < -0.3 is 14.7 Å². The summed E-state index contributed by atoms with van der Waals surface area (Å²) in [6.07, 6.45) is 3.63. The lowest BCUT2D eigenvalue weighted by atomic mass is 10.1. The van der Waals surface area contributed by atoms with Gasteiger partial charge in [-0.2, -0.15) is 0 Å². The number of hydrogen-bond donors (Lipinski definition) is 1. The van der Waals surface area contributed by atoms with Gasteiger partial charge in [0.25, 0.3) is 0 Å². The third-order valence-corrected chi connectivity index (χ3v) is 3.04. The zero-order chi connectivity index (χ0) is 14.6. The Labute approximate surface area is 114 Å². The fraction of sp³-hybridized carbons (Fsp3) is 0.714. The van der Waals surface area contributed by atoms with Crippen molar-refractivity contribution < 1.29 is 19.4 Å². The van der Waals surface area contributed by atoms with Gasteiger partial charge in [-0.3, -0.25) is 4.79 Å². The molecule has 1 amide bonds. The number of nitrogens with zero attached hydrogens (tertiary/aromatic N) is 1. The fourth-order valence-corrected chi connectivity index (χ4v) is 2.37. The normalized spacial score (nSPS) is 23.3. The summed E-state index contributed by atoms with van der Waals surface area (Å²) in [5.41, 5.74) is -0.582. The van der Waals surface area contributed by atoms with Crippen molar-refractivity contribution in [2.75, 3.05) is 6.61 Å². The van der Waals surface area contributed by atoms with Crippen molar-refractivity contribution in [2.45, 2.75) is 57.7 Å². The quantitative estimate of drug-likeness (QED) is 0.616. The van der Waals surface area contributed by atoms with E-state index in [1.165, 1.54) is 4.90 Å². The van der Waals surface area contributed by atoms with Gasteiger partial charge in [0, 0.05) is 6.04 Å². The molecule has 0 aliphatic carbocycles. The van der Waals surface area contributed by atoms with Gasteiger partial charge in [-0.1, -0.05) is 6.08 Å². The van der Waals surface area contributed by atoms with E-state index in [1.54, 1.807) is 26.8 Å². The van der Waals surface area contributed by atoms with Gasteiger partial charge in [0.2, 0.25) is 5.91 Å². The summed E-state index contributed by atoms with van der Waals surface area (Å²) in [5.74, 6) is -0.832. The highest BCUT2D eigenvalue weighted by molar-refractivity contribution is 5.86. The van der Waals surface area contributed by atoms with E-state index in [0.29, 0.717) is 12.8 Å². The summed E-state index contributed by atoms with van der Waals surface area (Å²) in [6, 6.07) is -0.668. The maximum atomic E-state index is 12.1. The number of esters is 1. The second-order valence-electron chi connectivity index (χ2n) is 5.76. The Hall–Kier alpha value is -1.36. The third kappa shape index (κ3) is 4.06. The molecule has 2 atom stereocenters. The molecule has 0 spiro atoms. The zero-order valence-electron chi connectivity index (χ0n) is 11.9. The molecule has 1 N–H and O–H groups in total. The van der Waals surface area contributed by atoms with E-state index in [9.17, 15) is 9.59 Å². The molecular weight excluding hydrogens is 246 g/mol. The second kappa shape index (κ2) is 6.19. The molecule has 1 fully saturated rings. The SMILES string of the molecule is C=CC[C@@H]1CC[C@@H](C(=O)OC(C)(C)C)N1C(=O)CO. The molecule has 0 aromatic carbocycles. The molecule has 0 aromatic rings. The largest absolute Gasteiger partial charge is 0.458 e. The van der Waals surface area contributed by atoms with Crippen molar-refractivity contribution in [1.82, 2.24) is 4.90 Å². The minimum atomic E-state index is -0.594. The van der Waals surface area contributed by atoms with E-state index >= 15 is 0 Å². The number of carbonyl (C=O) groups is 2. The number of likely N-dealkylation sites (tertiary alicyclic amines) is 1. The molecule has 0 unspecified atom stereocenters. The molecule has 0 radical (unpaired) electrons. The van der Waals surface area contributed by atoms with Crippen LogP contribution >= 0.6 is 0 Å².